The van der Waals surface area contributed by atoms with Crippen molar-refractivity contribution in [2.75, 3.05) is 18.0 Å². The predicted octanol–water partition coefficient (Wildman–Crippen LogP) is 4.35. The highest BCUT2D eigenvalue weighted by Crippen LogP contribution is 2.31. The van der Waals surface area contributed by atoms with Gasteiger partial charge in [-0.2, -0.15) is 5.10 Å². The second-order valence-corrected chi connectivity index (χ2v) is 9.19. The van der Waals surface area contributed by atoms with Crippen LogP contribution in [0.4, 0.5) is 5.69 Å². The van der Waals surface area contributed by atoms with Crippen molar-refractivity contribution in [3.8, 4) is 5.75 Å². The van der Waals surface area contributed by atoms with E-state index in [1.54, 1.807) is 42.5 Å². The first kappa shape index (κ1) is 23.6. The average molecular weight is 492 g/mol. The summed E-state index contributed by atoms with van der Waals surface area (Å²) in [5.74, 6) is -0.258. The Balaban J connectivity index is 1.86. The minimum absolute atomic E-state index is 0.0319. The number of halogens is 2. The number of rotatable bonds is 8. The summed E-state index contributed by atoms with van der Waals surface area (Å²) in [6, 6.07) is 19.1. The largest absolute Gasteiger partial charge is 0.495 e. The second kappa shape index (κ2) is 10.5. The molecule has 0 fully saturated rings. The zero-order valence-electron chi connectivity index (χ0n) is 16.9. The quantitative estimate of drug-likeness (QED) is 0.374. The number of ether oxygens (including phenoxy) is 1. The van der Waals surface area contributed by atoms with Crippen LogP contribution in [-0.4, -0.2) is 34.2 Å². The number of hydrogen-bond acceptors (Lipinski definition) is 5. The van der Waals surface area contributed by atoms with Crippen molar-refractivity contribution in [3.05, 3.63) is 88.4 Å². The Labute approximate surface area is 196 Å². The van der Waals surface area contributed by atoms with E-state index < -0.39 is 22.5 Å². The van der Waals surface area contributed by atoms with E-state index in [4.69, 9.17) is 27.9 Å². The number of carbonyl (C=O) groups excluding carboxylic acids is 1. The lowest BCUT2D eigenvalue weighted by molar-refractivity contribution is -0.119. The SMILES string of the molecule is COc1ccc(N(CC(=O)N/N=C/c2ccc(Cl)cc2)S(=O)(=O)c2ccccc2)cc1Cl. The van der Waals surface area contributed by atoms with Gasteiger partial charge in [0, 0.05) is 5.02 Å². The highest BCUT2D eigenvalue weighted by atomic mass is 35.5. The molecule has 7 nitrogen and oxygen atoms in total. The molecule has 0 aliphatic heterocycles. The standard InChI is InChI=1S/C22H19Cl2N3O4S/c1-31-21-12-11-18(13-20(21)24)27(32(29,30)19-5-3-2-4-6-19)15-22(28)26-25-14-16-7-9-17(23)10-8-16/h2-14H,15H2,1H3,(H,26,28)/b25-14+. The van der Waals surface area contributed by atoms with Crippen LogP contribution in [0.15, 0.2) is 82.8 Å². The van der Waals surface area contributed by atoms with E-state index in [2.05, 4.69) is 10.5 Å². The molecular formula is C22H19Cl2N3O4S. The summed E-state index contributed by atoms with van der Waals surface area (Å²) in [6.45, 7) is -0.516. The van der Waals surface area contributed by atoms with Crippen LogP contribution in [0.3, 0.4) is 0 Å². The molecule has 1 amide bonds. The van der Waals surface area contributed by atoms with Crippen LogP contribution in [0.1, 0.15) is 5.56 Å². The molecule has 0 atom stereocenters. The predicted molar refractivity (Wildman–Crippen MR) is 126 cm³/mol. The summed E-state index contributed by atoms with van der Waals surface area (Å²) in [6.07, 6.45) is 1.43. The van der Waals surface area contributed by atoms with Crippen molar-refractivity contribution in [3.63, 3.8) is 0 Å². The van der Waals surface area contributed by atoms with Gasteiger partial charge in [-0.3, -0.25) is 9.10 Å². The molecule has 32 heavy (non-hydrogen) atoms. The van der Waals surface area contributed by atoms with Crippen molar-refractivity contribution in [2.24, 2.45) is 5.10 Å². The van der Waals surface area contributed by atoms with Gasteiger partial charge in [-0.1, -0.05) is 53.5 Å². The molecule has 0 aliphatic rings. The summed E-state index contributed by atoms with van der Waals surface area (Å²) >= 11 is 12.0. The van der Waals surface area contributed by atoms with Crippen molar-refractivity contribution >= 4 is 51.0 Å². The molecule has 0 heterocycles. The Bertz CT molecular complexity index is 1220. The monoisotopic (exact) mass is 491 g/mol. The number of nitrogens with zero attached hydrogens (tertiary/aromatic N) is 2. The van der Waals surface area contributed by atoms with Crippen LogP contribution in [0.25, 0.3) is 0 Å². The number of hydrogen-bond donors (Lipinski definition) is 1. The molecule has 3 rings (SSSR count). The molecule has 166 valence electrons. The van der Waals surface area contributed by atoms with Gasteiger partial charge in [-0.05, 0) is 48.0 Å². The van der Waals surface area contributed by atoms with Crippen LogP contribution in [-0.2, 0) is 14.8 Å². The number of amides is 1. The lowest BCUT2D eigenvalue weighted by atomic mass is 10.2. The Morgan fingerprint density at radius 3 is 2.38 bits per heavy atom. The van der Waals surface area contributed by atoms with Gasteiger partial charge in [0.15, 0.2) is 0 Å². The third-order valence-corrected chi connectivity index (χ3v) is 6.65. The number of benzene rings is 3. The summed E-state index contributed by atoms with van der Waals surface area (Å²) in [4.78, 5) is 12.6. The van der Waals surface area contributed by atoms with Crippen molar-refractivity contribution in [2.45, 2.75) is 4.90 Å². The van der Waals surface area contributed by atoms with Crippen LogP contribution < -0.4 is 14.5 Å². The molecular weight excluding hydrogens is 473 g/mol. The fourth-order valence-corrected chi connectivity index (χ4v) is 4.55. The van der Waals surface area contributed by atoms with Crippen molar-refractivity contribution < 1.29 is 17.9 Å². The molecule has 0 radical (unpaired) electrons. The Kier molecular flexibility index (Phi) is 7.74. The highest BCUT2D eigenvalue weighted by Gasteiger charge is 2.27. The number of anilines is 1. The first-order valence-electron chi connectivity index (χ1n) is 9.30. The molecule has 0 aromatic heterocycles. The number of carbonyl (C=O) groups is 1. The molecule has 0 unspecified atom stereocenters. The lowest BCUT2D eigenvalue weighted by Crippen LogP contribution is -2.39. The van der Waals surface area contributed by atoms with Gasteiger partial charge in [0.2, 0.25) is 0 Å². The first-order chi connectivity index (χ1) is 15.3. The normalized spacial score (nSPS) is 11.3. The average Bonchev–Trinajstić information content (AvgIpc) is 2.79. The van der Waals surface area contributed by atoms with Crippen molar-refractivity contribution in [1.82, 2.24) is 5.43 Å². The Morgan fingerprint density at radius 1 is 1.06 bits per heavy atom. The van der Waals surface area contributed by atoms with E-state index in [1.807, 2.05) is 0 Å². The van der Waals surface area contributed by atoms with Gasteiger partial charge in [-0.15, -0.1) is 0 Å². The third-order valence-electron chi connectivity index (χ3n) is 4.31. The fraction of sp³-hybridized carbons (Fsp3) is 0.0909. The Morgan fingerprint density at radius 2 is 1.75 bits per heavy atom. The minimum atomic E-state index is -4.06. The van der Waals surface area contributed by atoms with Gasteiger partial charge in [0.25, 0.3) is 15.9 Å². The third kappa shape index (κ3) is 5.79. The molecule has 3 aromatic carbocycles. The topological polar surface area (TPSA) is 88.1 Å². The van der Waals surface area contributed by atoms with Crippen LogP contribution in [0.2, 0.25) is 10.0 Å². The molecule has 0 bridgehead atoms. The maximum absolute atomic E-state index is 13.3. The van der Waals surface area contributed by atoms with Crippen LogP contribution >= 0.6 is 23.2 Å². The van der Waals surface area contributed by atoms with E-state index in [-0.39, 0.29) is 15.6 Å². The maximum atomic E-state index is 13.3. The smallest absolute Gasteiger partial charge is 0.264 e. The molecule has 1 N–H and O–H groups in total. The first-order valence-corrected chi connectivity index (χ1v) is 11.5. The molecule has 3 aromatic rings. The molecule has 10 heteroatoms. The van der Waals surface area contributed by atoms with Crippen molar-refractivity contribution in [1.29, 1.82) is 0 Å². The number of sulfonamides is 1. The molecule has 0 saturated carbocycles. The number of hydrazone groups is 1. The Hall–Kier alpha value is -3.07. The molecule has 0 saturated heterocycles. The van der Waals surface area contributed by atoms with Gasteiger partial charge < -0.3 is 4.74 Å². The number of methoxy groups -OCH3 is 1. The van der Waals surface area contributed by atoms with E-state index >= 15 is 0 Å². The van der Waals surface area contributed by atoms with E-state index in [0.717, 1.165) is 4.31 Å². The summed E-state index contributed by atoms with van der Waals surface area (Å²) < 4.78 is 32.6. The van der Waals surface area contributed by atoms with Gasteiger partial charge in [-0.25, -0.2) is 13.8 Å². The molecule has 0 aliphatic carbocycles. The van der Waals surface area contributed by atoms with Crippen LogP contribution in [0.5, 0.6) is 5.75 Å². The van der Waals surface area contributed by atoms with Crippen LogP contribution in [0, 0.1) is 0 Å². The van der Waals surface area contributed by atoms with E-state index in [1.165, 1.54) is 43.7 Å². The summed E-state index contributed by atoms with van der Waals surface area (Å²) in [5.41, 5.74) is 3.26. The lowest BCUT2D eigenvalue weighted by Gasteiger charge is -2.24. The van der Waals surface area contributed by atoms with Gasteiger partial charge in [0.1, 0.15) is 12.3 Å². The summed E-state index contributed by atoms with van der Waals surface area (Å²) in [5, 5.41) is 4.67. The van der Waals surface area contributed by atoms with Gasteiger partial charge >= 0.3 is 0 Å². The zero-order valence-corrected chi connectivity index (χ0v) is 19.2. The van der Waals surface area contributed by atoms with Gasteiger partial charge in [0.05, 0.1) is 28.9 Å². The number of nitrogens with one attached hydrogen (secondary N) is 1. The van der Waals surface area contributed by atoms with E-state index in [0.29, 0.717) is 16.3 Å². The highest BCUT2D eigenvalue weighted by molar-refractivity contribution is 7.92. The van der Waals surface area contributed by atoms with E-state index in [9.17, 15) is 13.2 Å². The zero-order chi connectivity index (χ0) is 23.1. The maximum Gasteiger partial charge on any atom is 0.264 e. The fourth-order valence-electron chi connectivity index (χ4n) is 2.74. The summed E-state index contributed by atoms with van der Waals surface area (Å²) in [7, 11) is -2.61. The second-order valence-electron chi connectivity index (χ2n) is 6.49. The minimum Gasteiger partial charge on any atom is -0.495 e. The molecule has 0 spiro atoms.